The second-order valence-corrected chi connectivity index (χ2v) is 4.89. The smallest absolute Gasteiger partial charge is 0.308 e. The maximum atomic E-state index is 11.4. The van der Waals surface area contributed by atoms with Crippen LogP contribution in [0, 0.1) is 5.92 Å². The van der Waals surface area contributed by atoms with Crippen molar-refractivity contribution in [3.05, 3.63) is 0 Å². The predicted molar refractivity (Wildman–Crippen MR) is 58.9 cm³/mol. The Kier molecular flexibility index (Phi) is 3.70. The number of fused-ring (bicyclic) bond motifs is 2. The average molecular weight is 244 g/mol. The number of hydrogen-bond donors (Lipinski definition) is 0. The minimum Gasteiger partial charge on any atom is -0.466 e. The molecule has 0 amide bonds. The summed E-state index contributed by atoms with van der Waals surface area (Å²) >= 11 is 0. The normalized spacial score (nSPS) is 36.2. The van der Waals surface area contributed by atoms with E-state index in [1.54, 1.807) is 6.92 Å². The minimum atomic E-state index is -0.615. The second kappa shape index (κ2) is 4.92. The van der Waals surface area contributed by atoms with Crippen LogP contribution in [0.4, 0.5) is 0 Å². The number of rotatable bonds is 4. The van der Waals surface area contributed by atoms with Crippen molar-refractivity contribution in [3.8, 4) is 0 Å². The van der Waals surface area contributed by atoms with E-state index < -0.39 is 5.79 Å². The Bertz CT molecular complexity index is 291. The zero-order valence-electron chi connectivity index (χ0n) is 10.6. The van der Waals surface area contributed by atoms with E-state index in [9.17, 15) is 4.79 Å². The SMILES string of the molecule is CCOC(=O)C[C@@H]1OO[C@]2(C(C)C)CC[C@H]1O2. The Morgan fingerprint density at radius 3 is 2.94 bits per heavy atom. The van der Waals surface area contributed by atoms with Gasteiger partial charge in [-0.15, -0.1) is 0 Å². The summed E-state index contributed by atoms with van der Waals surface area (Å²) in [5.41, 5.74) is 0. The van der Waals surface area contributed by atoms with Gasteiger partial charge in [-0.2, -0.15) is 0 Å². The molecule has 0 radical (unpaired) electrons. The lowest BCUT2D eigenvalue weighted by molar-refractivity contribution is -0.493. The Hall–Kier alpha value is -0.650. The molecule has 2 fully saturated rings. The van der Waals surface area contributed by atoms with Gasteiger partial charge in [0.2, 0.25) is 5.79 Å². The van der Waals surface area contributed by atoms with Gasteiger partial charge in [-0.25, -0.2) is 9.78 Å². The summed E-state index contributed by atoms with van der Waals surface area (Å²) in [5.74, 6) is -0.653. The molecule has 0 aromatic heterocycles. The van der Waals surface area contributed by atoms with Gasteiger partial charge < -0.3 is 9.47 Å². The molecule has 0 aromatic rings. The second-order valence-electron chi connectivity index (χ2n) is 4.89. The highest BCUT2D eigenvalue weighted by molar-refractivity contribution is 5.70. The molecule has 0 unspecified atom stereocenters. The number of hydrogen-bond acceptors (Lipinski definition) is 5. The highest BCUT2D eigenvalue weighted by atomic mass is 17.2. The van der Waals surface area contributed by atoms with Gasteiger partial charge in [0.1, 0.15) is 6.10 Å². The summed E-state index contributed by atoms with van der Waals surface area (Å²) in [6.07, 6.45) is 1.46. The average Bonchev–Trinajstić information content (AvgIpc) is 2.64. The first-order valence-electron chi connectivity index (χ1n) is 6.25. The van der Waals surface area contributed by atoms with Crippen molar-refractivity contribution >= 4 is 5.97 Å². The summed E-state index contributed by atoms with van der Waals surface area (Å²) < 4.78 is 10.8. The standard InChI is InChI=1S/C12H20O5/c1-4-14-11(13)7-10-9-5-6-12(15-9,8(2)3)17-16-10/h8-10H,4-7H2,1-3H3/t9-,10+,12+/m1/s1. The van der Waals surface area contributed by atoms with Gasteiger partial charge in [-0.3, -0.25) is 4.79 Å². The highest BCUT2D eigenvalue weighted by Gasteiger charge is 2.52. The van der Waals surface area contributed by atoms with Crippen LogP contribution in [0.1, 0.15) is 40.0 Å². The predicted octanol–water partition coefficient (Wildman–Crippen LogP) is 1.80. The lowest BCUT2D eigenvalue weighted by atomic mass is 9.99. The number of esters is 1. The lowest BCUT2D eigenvalue weighted by Gasteiger charge is -2.38. The molecule has 2 heterocycles. The molecule has 2 saturated heterocycles. The van der Waals surface area contributed by atoms with Gasteiger partial charge in [-0.05, 0) is 13.3 Å². The van der Waals surface area contributed by atoms with Gasteiger partial charge in [-0.1, -0.05) is 13.8 Å². The van der Waals surface area contributed by atoms with E-state index in [1.807, 2.05) is 13.8 Å². The lowest BCUT2D eigenvalue weighted by Crippen LogP contribution is -2.47. The van der Waals surface area contributed by atoms with Gasteiger partial charge in [0, 0.05) is 12.3 Å². The van der Waals surface area contributed by atoms with Crippen LogP contribution in [0.2, 0.25) is 0 Å². The Balaban J connectivity index is 1.92. The van der Waals surface area contributed by atoms with E-state index in [0.717, 1.165) is 12.8 Å². The molecule has 2 aliphatic rings. The van der Waals surface area contributed by atoms with Crippen LogP contribution in [0.15, 0.2) is 0 Å². The van der Waals surface area contributed by atoms with E-state index in [4.69, 9.17) is 19.2 Å². The molecule has 98 valence electrons. The van der Waals surface area contributed by atoms with Crippen molar-refractivity contribution in [2.75, 3.05) is 6.61 Å². The highest BCUT2D eigenvalue weighted by Crippen LogP contribution is 2.43. The molecule has 3 atom stereocenters. The molecular formula is C12H20O5. The first-order valence-corrected chi connectivity index (χ1v) is 6.25. The third-order valence-electron chi connectivity index (χ3n) is 3.41. The Morgan fingerprint density at radius 2 is 2.29 bits per heavy atom. The quantitative estimate of drug-likeness (QED) is 0.557. The largest absolute Gasteiger partial charge is 0.466 e. The molecule has 0 saturated carbocycles. The summed E-state index contributed by atoms with van der Waals surface area (Å²) in [6.45, 7) is 6.24. The summed E-state index contributed by atoms with van der Waals surface area (Å²) in [5, 5.41) is 0. The molecule has 2 bridgehead atoms. The van der Waals surface area contributed by atoms with E-state index in [2.05, 4.69) is 0 Å². The fraction of sp³-hybridized carbons (Fsp3) is 0.917. The van der Waals surface area contributed by atoms with E-state index in [0.29, 0.717) is 6.61 Å². The summed E-state index contributed by atoms with van der Waals surface area (Å²) in [7, 11) is 0. The first-order chi connectivity index (χ1) is 8.07. The van der Waals surface area contributed by atoms with Crippen LogP contribution < -0.4 is 0 Å². The molecule has 0 aromatic carbocycles. The minimum absolute atomic E-state index is 0.0597. The molecule has 0 spiro atoms. The van der Waals surface area contributed by atoms with E-state index >= 15 is 0 Å². The molecule has 5 heteroatoms. The van der Waals surface area contributed by atoms with Gasteiger partial charge in [0.25, 0.3) is 0 Å². The molecule has 2 aliphatic heterocycles. The van der Waals surface area contributed by atoms with Crippen LogP contribution in [0.5, 0.6) is 0 Å². The fourth-order valence-corrected chi connectivity index (χ4v) is 2.32. The summed E-state index contributed by atoms with van der Waals surface area (Å²) in [4.78, 5) is 22.1. The summed E-state index contributed by atoms with van der Waals surface area (Å²) in [6, 6.07) is 0. The number of carbonyl (C=O) groups excluding carboxylic acids is 1. The zero-order chi connectivity index (χ0) is 12.5. The molecule has 5 nitrogen and oxygen atoms in total. The van der Waals surface area contributed by atoms with Gasteiger partial charge >= 0.3 is 5.97 Å². The van der Waals surface area contributed by atoms with Crippen molar-refractivity contribution in [3.63, 3.8) is 0 Å². The van der Waals surface area contributed by atoms with Crippen molar-refractivity contribution in [1.29, 1.82) is 0 Å². The van der Waals surface area contributed by atoms with Crippen LogP contribution in [-0.4, -0.2) is 30.6 Å². The zero-order valence-corrected chi connectivity index (χ0v) is 10.6. The molecular weight excluding hydrogens is 224 g/mol. The molecule has 2 rings (SSSR count). The third kappa shape index (κ3) is 2.46. The maximum Gasteiger partial charge on any atom is 0.308 e. The van der Waals surface area contributed by atoms with Crippen LogP contribution in [-0.2, 0) is 24.0 Å². The number of carbonyl (C=O) groups is 1. The van der Waals surface area contributed by atoms with Gasteiger partial charge in [0.05, 0.1) is 19.1 Å². The maximum absolute atomic E-state index is 11.4. The van der Waals surface area contributed by atoms with Gasteiger partial charge in [0.15, 0.2) is 0 Å². The van der Waals surface area contributed by atoms with Crippen LogP contribution in [0.3, 0.4) is 0 Å². The fourth-order valence-electron chi connectivity index (χ4n) is 2.32. The topological polar surface area (TPSA) is 54.0 Å². The third-order valence-corrected chi connectivity index (χ3v) is 3.41. The van der Waals surface area contributed by atoms with Crippen molar-refractivity contribution in [2.24, 2.45) is 5.92 Å². The van der Waals surface area contributed by atoms with Crippen LogP contribution in [0.25, 0.3) is 0 Å². The monoisotopic (exact) mass is 244 g/mol. The molecule has 17 heavy (non-hydrogen) atoms. The van der Waals surface area contributed by atoms with Crippen molar-refractivity contribution < 1.29 is 24.0 Å². The van der Waals surface area contributed by atoms with E-state index in [1.165, 1.54) is 0 Å². The van der Waals surface area contributed by atoms with Crippen molar-refractivity contribution in [1.82, 2.24) is 0 Å². The number of ether oxygens (including phenoxy) is 2. The Morgan fingerprint density at radius 1 is 1.53 bits per heavy atom. The molecule has 0 aliphatic carbocycles. The van der Waals surface area contributed by atoms with Crippen LogP contribution >= 0.6 is 0 Å². The van der Waals surface area contributed by atoms with E-state index in [-0.39, 0.29) is 30.5 Å². The molecule has 0 N–H and O–H groups in total. The van der Waals surface area contributed by atoms with Crippen molar-refractivity contribution in [2.45, 2.75) is 58.0 Å². The first kappa shape index (κ1) is 12.8. The Labute approximate surface area is 101 Å².